The van der Waals surface area contributed by atoms with E-state index in [9.17, 15) is 14.9 Å². The third-order valence-corrected chi connectivity index (χ3v) is 4.72. The molecule has 0 radical (unpaired) electrons. The molecule has 1 N–H and O–H groups in total. The van der Waals surface area contributed by atoms with Crippen LogP contribution in [0.3, 0.4) is 0 Å². The summed E-state index contributed by atoms with van der Waals surface area (Å²) in [6.45, 7) is 1.62. The number of rotatable bonds is 4. The monoisotopic (exact) mass is 359 g/mol. The van der Waals surface area contributed by atoms with E-state index in [0.717, 1.165) is 31.6 Å². The van der Waals surface area contributed by atoms with Crippen molar-refractivity contribution in [1.29, 1.82) is 0 Å². The standard InChI is InChI=1S/C18H18ClN3O3/c19-16-7-6-14(12-17(16)22(24)25)20-18(23)13-8-10-21(11-9-13)15-4-2-1-3-5-15/h1-7,12-13H,8-11H2,(H,20,23). The fourth-order valence-electron chi connectivity index (χ4n) is 3.01. The Bertz CT molecular complexity index is 774. The number of carbonyl (C=O) groups excluding carboxylic acids is 1. The molecule has 0 bridgehead atoms. The number of anilines is 2. The van der Waals surface area contributed by atoms with Crippen LogP contribution in [0, 0.1) is 16.0 Å². The molecule has 1 aliphatic rings. The van der Waals surface area contributed by atoms with E-state index in [-0.39, 0.29) is 22.5 Å². The minimum Gasteiger partial charge on any atom is -0.371 e. The molecular weight excluding hydrogens is 342 g/mol. The second-order valence-electron chi connectivity index (χ2n) is 6.01. The third-order valence-electron chi connectivity index (χ3n) is 4.40. The second kappa shape index (κ2) is 7.53. The summed E-state index contributed by atoms with van der Waals surface area (Å²) in [4.78, 5) is 25.1. The van der Waals surface area contributed by atoms with Crippen molar-refractivity contribution in [3.05, 3.63) is 63.7 Å². The second-order valence-corrected chi connectivity index (χ2v) is 6.42. The molecule has 0 aromatic heterocycles. The van der Waals surface area contributed by atoms with Crippen LogP contribution in [0.15, 0.2) is 48.5 Å². The van der Waals surface area contributed by atoms with Crippen LogP contribution in [-0.4, -0.2) is 23.9 Å². The van der Waals surface area contributed by atoms with E-state index >= 15 is 0 Å². The van der Waals surface area contributed by atoms with Crippen LogP contribution in [0.25, 0.3) is 0 Å². The maximum absolute atomic E-state index is 12.4. The van der Waals surface area contributed by atoms with Gasteiger partial charge in [0.1, 0.15) is 5.02 Å². The molecule has 2 aromatic rings. The largest absolute Gasteiger partial charge is 0.371 e. The number of halogens is 1. The molecule has 2 aromatic carbocycles. The number of hydrogen-bond acceptors (Lipinski definition) is 4. The Morgan fingerprint density at radius 3 is 2.48 bits per heavy atom. The number of carbonyl (C=O) groups is 1. The van der Waals surface area contributed by atoms with E-state index in [1.165, 1.54) is 12.1 Å². The molecule has 1 aliphatic heterocycles. The maximum atomic E-state index is 12.4. The first-order valence-electron chi connectivity index (χ1n) is 8.09. The number of piperidine rings is 1. The van der Waals surface area contributed by atoms with Crippen molar-refractivity contribution < 1.29 is 9.72 Å². The van der Waals surface area contributed by atoms with E-state index in [1.54, 1.807) is 6.07 Å². The Labute approximate surface area is 150 Å². The molecule has 1 fully saturated rings. The summed E-state index contributed by atoms with van der Waals surface area (Å²) in [6, 6.07) is 14.4. The summed E-state index contributed by atoms with van der Waals surface area (Å²) < 4.78 is 0. The van der Waals surface area contributed by atoms with Gasteiger partial charge in [0.2, 0.25) is 5.91 Å². The van der Waals surface area contributed by atoms with E-state index in [2.05, 4.69) is 22.3 Å². The zero-order chi connectivity index (χ0) is 17.8. The van der Waals surface area contributed by atoms with E-state index in [0.29, 0.717) is 5.69 Å². The summed E-state index contributed by atoms with van der Waals surface area (Å²) in [5.41, 5.74) is 1.35. The molecule has 1 heterocycles. The molecule has 0 saturated carbocycles. The van der Waals surface area contributed by atoms with Gasteiger partial charge in [-0.2, -0.15) is 0 Å². The van der Waals surface area contributed by atoms with E-state index in [4.69, 9.17) is 11.6 Å². The molecule has 6 nitrogen and oxygen atoms in total. The van der Waals surface area contributed by atoms with Crippen LogP contribution in [0.1, 0.15) is 12.8 Å². The molecule has 1 amide bonds. The lowest BCUT2D eigenvalue weighted by Crippen LogP contribution is -2.38. The minimum atomic E-state index is -0.559. The van der Waals surface area contributed by atoms with Crippen molar-refractivity contribution in [2.24, 2.45) is 5.92 Å². The Hall–Kier alpha value is -2.60. The van der Waals surface area contributed by atoms with Gasteiger partial charge in [0.25, 0.3) is 5.69 Å². The molecule has 7 heteroatoms. The van der Waals surface area contributed by atoms with Gasteiger partial charge in [-0.25, -0.2) is 0 Å². The van der Waals surface area contributed by atoms with E-state index < -0.39 is 4.92 Å². The Morgan fingerprint density at radius 2 is 1.84 bits per heavy atom. The lowest BCUT2D eigenvalue weighted by Gasteiger charge is -2.33. The molecular formula is C18H18ClN3O3. The Morgan fingerprint density at radius 1 is 1.16 bits per heavy atom. The van der Waals surface area contributed by atoms with Crippen LogP contribution < -0.4 is 10.2 Å². The molecule has 130 valence electrons. The van der Waals surface area contributed by atoms with Gasteiger partial charge in [0.05, 0.1) is 4.92 Å². The van der Waals surface area contributed by atoms with Gasteiger partial charge in [-0.1, -0.05) is 29.8 Å². The van der Waals surface area contributed by atoms with Crippen molar-refractivity contribution in [2.75, 3.05) is 23.3 Å². The number of hydrogen-bond donors (Lipinski definition) is 1. The summed E-state index contributed by atoms with van der Waals surface area (Å²) >= 11 is 5.79. The van der Waals surface area contributed by atoms with Crippen molar-refractivity contribution in [2.45, 2.75) is 12.8 Å². The number of para-hydroxylation sites is 1. The Kier molecular flexibility index (Phi) is 5.19. The summed E-state index contributed by atoms with van der Waals surface area (Å²) in [5.74, 6) is -0.209. The third kappa shape index (κ3) is 4.09. The molecule has 3 rings (SSSR count). The average molecular weight is 360 g/mol. The molecule has 0 unspecified atom stereocenters. The summed E-state index contributed by atoms with van der Waals surface area (Å²) in [7, 11) is 0. The Balaban J connectivity index is 1.60. The fourth-order valence-corrected chi connectivity index (χ4v) is 3.20. The highest BCUT2D eigenvalue weighted by Gasteiger charge is 2.25. The van der Waals surface area contributed by atoms with Crippen LogP contribution in [0.4, 0.5) is 17.1 Å². The lowest BCUT2D eigenvalue weighted by molar-refractivity contribution is -0.384. The van der Waals surface area contributed by atoms with Crippen LogP contribution >= 0.6 is 11.6 Å². The van der Waals surface area contributed by atoms with Crippen molar-refractivity contribution in [3.63, 3.8) is 0 Å². The number of nitro groups is 1. The molecule has 0 aliphatic carbocycles. The highest BCUT2D eigenvalue weighted by atomic mass is 35.5. The zero-order valence-electron chi connectivity index (χ0n) is 13.5. The fraction of sp³-hybridized carbons (Fsp3) is 0.278. The van der Waals surface area contributed by atoms with Crippen molar-refractivity contribution in [3.8, 4) is 0 Å². The number of benzene rings is 2. The molecule has 0 atom stereocenters. The zero-order valence-corrected chi connectivity index (χ0v) is 14.3. The number of amides is 1. The first-order valence-corrected chi connectivity index (χ1v) is 8.47. The molecule has 25 heavy (non-hydrogen) atoms. The van der Waals surface area contributed by atoms with Gasteiger partial charge < -0.3 is 10.2 Å². The summed E-state index contributed by atoms with van der Waals surface area (Å²) in [5, 5.41) is 13.8. The van der Waals surface area contributed by atoms with Crippen LogP contribution in [-0.2, 0) is 4.79 Å². The van der Waals surface area contributed by atoms with Gasteiger partial charge in [-0.15, -0.1) is 0 Å². The van der Waals surface area contributed by atoms with Gasteiger partial charge >= 0.3 is 0 Å². The smallest absolute Gasteiger partial charge is 0.289 e. The predicted octanol–water partition coefficient (Wildman–Crippen LogP) is 4.10. The SMILES string of the molecule is O=C(Nc1ccc(Cl)c([N+](=O)[O-])c1)C1CCN(c2ccccc2)CC1. The number of nitrogens with zero attached hydrogens (tertiary/aromatic N) is 2. The predicted molar refractivity (Wildman–Crippen MR) is 98.1 cm³/mol. The molecule has 1 saturated heterocycles. The highest BCUT2D eigenvalue weighted by Crippen LogP contribution is 2.29. The minimum absolute atomic E-state index is 0.0548. The lowest BCUT2D eigenvalue weighted by atomic mass is 9.95. The van der Waals surface area contributed by atoms with Gasteiger partial charge in [-0.05, 0) is 37.1 Å². The quantitative estimate of drug-likeness (QED) is 0.658. The highest BCUT2D eigenvalue weighted by molar-refractivity contribution is 6.32. The van der Waals surface area contributed by atoms with E-state index in [1.807, 2.05) is 18.2 Å². The van der Waals surface area contributed by atoms with Crippen LogP contribution in [0.2, 0.25) is 5.02 Å². The van der Waals surface area contributed by atoms with Gasteiger partial charge in [-0.3, -0.25) is 14.9 Å². The van der Waals surface area contributed by atoms with Crippen molar-refractivity contribution >= 4 is 34.6 Å². The number of nitrogens with one attached hydrogen (secondary N) is 1. The summed E-state index contributed by atoms with van der Waals surface area (Å²) in [6.07, 6.45) is 1.49. The maximum Gasteiger partial charge on any atom is 0.289 e. The molecule has 0 spiro atoms. The number of nitro benzene ring substituents is 1. The van der Waals surface area contributed by atoms with Gasteiger partial charge in [0, 0.05) is 36.4 Å². The topological polar surface area (TPSA) is 75.5 Å². The average Bonchev–Trinajstić information content (AvgIpc) is 2.64. The normalized spacial score (nSPS) is 15.0. The van der Waals surface area contributed by atoms with Crippen LogP contribution in [0.5, 0.6) is 0 Å². The first kappa shape index (κ1) is 17.2. The van der Waals surface area contributed by atoms with Gasteiger partial charge in [0.15, 0.2) is 0 Å². The first-order chi connectivity index (χ1) is 12.0. The van der Waals surface area contributed by atoms with Crippen molar-refractivity contribution in [1.82, 2.24) is 0 Å².